The van der Waals surface area contributed by atoms with Crippen LogP contribution in [0.2, 0.25) is 0 Å². The first-order chi connectivity index (χ1) is 14.0. The van der Waals surface area contributed by atoms with Crippen molar-refractivity contribution in [3.8, 4) is 0 Å². The Morgan fingerprint density at radius 3 is 2.52 bits per heavy atom. The number of rotatable bonds is 9. The molecule has 1 aromatic heterocycles. The third-order valence-electron chi connectivity index (χ3n) is 5.00. The highest BCUT2D eigenvalue weighted by Gasteiger charge is 2.19. The van der Waals surface area contributed by atoms with Gasteiger partial charge in [0.2, 0.25) is 0 Å². The lowest BCUT2D eigenvalue weighted by atomic mass is 10.1. The van der Waals surface area contributed by atoms with Crippen molar-refractivity contribution in [1.29, 1.82) is 0 Å². The van der Waals surface area contributed by atoms with Gasteiger partial charge in [-0.15, -0.1) is 0 Å². The van der Waals surface area contributed by atoms with Crippen molar-refractivity contribution < 1.29 is 14.3 Å². The number of nitrogens with zero attached hydrogens (tertiary/aromatic N) is 1. The van der Waals surface area contributed by atoms with Crippen molar-refractivity contribution in [1.82, 2.24) is 9.88 Å². The van der Waals surface area contributed by atoms with E-state index in [-0.39, 0.29) is 24.5 Å². The second-order valence-electron chi connectivity index (χ2n) is 7.47. The van der Waals surface area contributed by atoms with E-state index in [0.29, 0.717) is 19.4 Å². The number of para-hydroxylation sites is 1. The molecule has 5 heteroatoms. The molecule has 0 fully saturated rings. The summed E-state index contributed by atoms with van der Waals surface area (Å²) in [6, 6.07) is 18.0. The molecular formula is C24H28N2O3. The molecule has 0 atom stereocenters. The number of aryl methyl sites for hydroxylation is 1. The normalized spacial score (nSPS) is 11.0. The monoisotopic (exact) mass is 392 g/mol. The third kappa shape index (κ3) is 5.70. The van der Waals surface area contributed by atoms with Gasteiger partial charge in [0.1, 0.15) is 0 Å². The van der Waals surface area contributed by atoms with Gasteiger partial charge >= 0.3 is 5.97 Å². The number of hydrogen-bond acceptors (Lipinski definition) is 3. The van der Waals surface area contributed by atoms with E-state index in [9.17, 15) is 9.59 Å². The highest BCUT2D eigenvalue weighted by atomic mass is 16.5. The van der Waals surface area contributed by atoms with Gasteiger partial charge in [0.15, 0.2) is 6.61 Å². The number of carbonyl (C=O) groups excluding carboxylic acids is 2. The lowest BCUT2D eigenvalue weighted by molar-refractivity contribution is -0.153. The number of hydrogen-bond donors (Lipinski definition) is 1. The number of esters is 1. The summed E-state index contributed by atoms with van der Waals surface area (Å²) in [6.07, 6.45) is 3.77. The van der Waals surface area contributed by atoms with Crippen LogP contribution in [0.1, 0.15) is 37.8 Å². The largest absolute Gasteiger partial charge is 0.456 e. The van der Waals surface area contributed by atoms with Crippen LogP contribution in [0.25, 0.3) is 10.9 Å². The maximum atomic E-state index is 12.5. The van der Waals surface area contributed by atoms with Crippen molar-refractivity contribution in [3.63, 3.8) is 0 Å². The minimum absolute atomic E-state index is 0.0308. The van der Waals surface area contributed by atoms with Gasteiger partial charge in [-0.2, -0.15) is 0 Å². The molecule has 152 valence electrons. The fraction of sp³-hybridized carbons (Fsp3) is 0.333. The number of amides is 1. The number of aromatic nitrogens is 1. The van der Waals surface area contributed by atoms with Crippen LogP contribution in [0.15, 0.2) is 60.8 Å². The van der Waals surface area contributed by atoms with Crippen molar-refractivity contribution in [2.75, 3.05) is 6.61 Å². The van der Waals surface area contributed by atoms with Crippen molar-refractivity contribution >= 4 is 22.8 Å². The van der Waals surface area contributed by atoms with Crippen LogP contribution in [0.4, 0.5) is 0 Å². The van der Waals surface area contributed by atoms with E-state index in [0.717, 1.165) is 17.5 Å². The molecule has 3 aromatic rings. The van der Waals surface area contributed by atoms with Gasteiger partial charge in [-0.1, -0.05) is 48.5 Å². The number of H-pyrrole nitrogens is 1. The fourth-order valence-electron chi connectivity index (χ4n) is 3.40. The second-order valence-corrected chi connectivity index (χ2v) is 7.47. The first-order valence-electron chi connectivity index (χ1n) is 10.1. The van der Waals surface area contributed by atoms with Gasteiger partial charge in [-0.25, -0.2) is 0 Å². The summed E-state index contributed by atoms with van der Waals surface area (Å²) < 4.78 is 5.24. The van der Waals surface area contributed by atoms with Gasteiger partial charge in [-0.3, -0.25) is 9.59 Å². The predicted molar refractivity (Wildman–Crippen MR) is 114 cm³/mol. The highest BCUT2D eigenvalue weighted by Crippen LogP contribution is 2.19. The molecule has 1 N–H and O–H groups in total. The predicted octanol–water partition coefficient (Wildman–Crippen LogP) is 4.47. The molecule has 29 heavy (non-hydrogen) atoms. The molecule has 0 radical (unpaired) electrons. The number of benzene rings is 2. The van der Waals surface area contributed by atoms with Gasteiger partial charge in [0.05, 0.1) is 0 Å². The van der Waals surface area contributed by atoms with E-state index in [1.54, 1.807) is 4.90 Å². The first kappa shape index (κ1) is 20.6. The molecule has 0 bridgehead atoms. The minimum Gasteiger partial charge on any atom is -0.456 e. The highest BCUT2D eigenvalue weighted by molar-refractivity contribution is 5.83. The van der Waals surface area contributed by atoms with E-state index in [1.807, 2.05) is 68.6 Å². The summed E-state index contributed by atoms with van der Waals surface area (Å²) in [5.41, 5.74) is 3.35. The standard InChI is InChI=1S/C24H28N2O3/c1-18(2)26(16-19-9-4-3-5-10-19)23(27)17-29-24(28)14-8-11-20-15-25-22-13-7-6-12-21(20)22/h3-7,9-10,12-13,15,18,25H,8,11,14,16-17H2,1-2H3. The molecule has 0 spiro atoms. The Hall–Kier alpha value is -3.08. The Balaban J connectivity index is 1.44. The van der Waals surface area contributed by atoms with Crippen LogP contribution in [0.5, 0.6) is 0 Å². The molecule has 3 rings (SSSR count). The van der Waals surface area contributed by atoms with Gasteiger partial charge in [0, 0.05) is 36.1 Å². The van der Waals surface area contributed by atoms with E-state index >= 15 is 0 Å². The average molecular weight is 392 g/mol. The summed E-state index contributed by atoms with van der Waals surface area (Å²) in [4.78, 5) is 29.6. The topological polar surface area (TPSA) is 62.4 Å². The zero-order chi connectivity index (χ0) is 20.6. The fourth-order valence-corrected chi connectivity index (χ4v) is 3.40. The van der Waals surface area contributed by atoms with E-state index in [4.69, 9.17) is 4.74 Å². The zero-order valence-corrected chi connectivity index (χ0v) is 17.1. The molecule has 0 aliphatic carbocycles. The smallest absolute Gasteiger partial charge is 0.306 e. The molecule has 5 nitrogen and oxygen atoms in total. The van der Waals surface area contributed by atoms with Crippen LogP contribution in [-0.4, -0.2) is 34.4 Å². The molecule has 1 amide bonds. The molecule has 1 heterocycles. The molecule has 0 aliphatic rings. The average Bonchev–Trinajstić information content (AvgIpc) is 3.14. The summed E-state index contributed by atoms with van der Waals surface area (Å²) >= 11 is 0. The summed E-state index contributed by atoms with van der Waals surface area (Å²) in [5.74, 6) is -0.504. The maximum Gasteiger partial charge on any atom is 0.306 e. The third-order valence-corrected chi connectivity index (χ3v) is 5.00. The quantitative estimate of drug-likeness (QED) is 0.547. The van der Waals surface area contributed by atoms with Crippen LogP contribution < -0.4 is 0 Å². The van der Waals surface area contributed by atoms with E-state index in [2.05, 4.69) is 11.1 Å². The Morgan fingerprint density at radius 2 is 1.76 bits per heavy atom. The molecule has 0 saturated carbocycles. The Bertz CT molecular complexity index is 947. The number of carbonyl (C=O) groups is 2. The SMILES string of the molecule is CC(C)N(Cc1ccccc1)C(=O)COC(=O)CCCc1c[nH]c2ccccc12. The summed E-state index contributed by atoms with van der Waals surface area (Å²) in [5, 5.41) is 1.18. The minimum atomic E-state index is -0.332. The summed E-state index contributed by atoms with van der Waals surface area (Å²) in [7, 11) is 0. The molecule has 2 aromatic carbocycles. The molecule has 0 unspecified atom stereocenters. The molecule has 0 saturated heterocycles. The maximum absolute atomic E-state index is 12.5. The first-order valence-corrected chi connectivity index (χ1v) is 10.1. The van der Waals surface area contributed by atoms with Crippen molar-refractivity contribution in [3.05, 3.63) is 71.9 Å². The summed E-state index contributed by atoms with van der Waals surface area (Å²) in [6.45, 7) is 4.22. The lowest BCUT2D eigenvalue weighted by Crippen LogP contribution is -2.39. The number of ether oxygens (including phenoxy) is 1. The molecule has 0 aliphatic heterocycles. The van der Waals surface area contributed by atoms with E-state index in [1.165, 1.54) is 10.9 Å². The van der Waals surface area contributed by atoms with Gasteiger partial charge in [0.25, 0.3) is 5.91 Å². The van der Waals surface area contributed by atoms with Crippen molar-refractivity contribution in [2.24, 2.45) is 0 Å². The Kier molecular flexibility index (Phi) is 7.06. The second kappa shape index (κ2) is 9.92. The number of aromatic amines is 1. The van der Waals surface area contributed by atoms with E-state index < -0.39 is 0 Å². The van der Waals surface area contributed by atoms with Crippen LogP contribution in [0, 0.1) is 0 Å². The Labute approximate surface area is 171 Å². The van der Waals surface area contributed by atoms with Crippen LogP contribution in [0.3, 0.4) is 0 Å². The van der Waals surface area contributed by atoms with Crippen LogP contribution >= 0.6 is 0 Å². The van der Waals surface area contributed by atoms with Crippen LogP contribution in [-0.2, 0) is 27.3 Å². The van der Waals surface area contributed by atoms with Gasteiger partial charge in [-0.05, 0) is 43.9 Å². The Morgan fingerprint density at radius 1 is 1.03 bits per heavy atom. The lowest BCUT2D eigenvalue weighted by Gasteiger charge is -2.26. The number of fused-ring (bicyclic) bond motifs is 1. The number of nitrogens with one attached hydrogen (secondary N) is 1. The zero-order valence-electron chi connectivity index (χ0n) is 17.1. The van der Waals surface area contributed by atoms with Crippen molar-refractivity contribution in [2.45, 2.75) is 45.7 Å². The van der Waals surface area contributed by atoms with Gasteiger partial charge < -0.3 is 14.6 Å². The molecular weight excluding hydrogens is 364 g/mol.